The van der Waals surface area contributed by atoms with E-state index in [1.54, 1.807) is 0 Å². The molecule has 0 aromatic heterocycles. The van der Waals surface area contributed by atoms with E-state index in [4.69, 9.17) is 10.5 Å². The summed E-state index contributed by atoms with van der Waals surface area (Å²) in [4.78, 5) is 0. The lowest BCUT2D eigenvalue weighted by Crippen LogP contribution is -2.42. The Morgan fingerprint density at radius 3 is 2.75 bits per heavy atom. The predicted molar refractivity (Wildman–Crippen MR) is 50.0 cm³/mol. The van der Waals surface area contributed by atoms with Crippen molar-refractivity contribution in [2.75, 3.05) is 20.2 Å². The van der Waals surface area contributed by atoms with Gasteiger partial charge in [0.1, 0.15) is 0 Å². The van der Waals surface area contributed by atoms with Gasteiger partial charge in [0.25, 0.3) is 0 Å². The Balaban J connectivity index is 2.47. The highest BCUT2D eigenvalue weighted by Crippen LogP contribution is 2.33. The van der Waals surface area contributed by atoms with Gasteiger partial charge in [0.05, 0.1) is 12.7 Å². The van der Waals surface area contributed by atoms with Crippen molar-refractivity contribution in [2.45, 2.75) is 32.4 Å². The van der Waals surface area contributed by atoms with Crippen LogP contribution in [-0.2, 0) is 4.74 Å². The molecule has 0 amide bonds. The number of nitrogens with one attached hydrogen (secondary N) is 1. The second kappa shape index (κ2) is 3.73. The molecule has 0 aliphatic carbocycles. The molecule has 0 aromatic carbocycles. The molecule has 3 atom stereocenters. The molecule has 1 heterocycles. The van der Waals surface area contributed by atoms with Crippen LogP contribution in [0.1, 0.15) is 20.3 Å². The average Bonchev–Trinajstić information content (AvgIpc) is 2.31. The molecule has 1 aliphatic rings. The van der Waals surface area contributed by atoms with Crippen molar-refractivity contribution in [3.8, 4) is 0 Å². The van der Waals surface area contributed by atoms with Crippen LogP contribution in [0.5, 0.6) is 0 Å². The van der Waals surface area contributed by atoms with Crippen LogP contribution < -0.4 is 11.1 Å². The van der Waals surface area contributed by atoms with Crippen molar-refractivity contribution >= 4 is 0 Å². The minimum absolute atomic E-state index is 0.169. The summed E-state index contributed by atoms with van der Waals surface area (Å²) in [5, 5.41) is 3.14. The van der Waals surface area contributed by atoms with Crippen LogP contribution in [0.2, 0.25) is 0 Å². The zero-order chi connectivity index (χ0) is 9.19. The van der Waals surface area contributed by atoms with Gasteiger partial charge >= 0.3 is 0 Å². The van der Waals surface area contributed by atoms with E-state index in [1.807, 2.05) is 7.05 Å². The molecule has 1 fully saturated rings. The maximum Gasteiger partial charge on any atom is 0.0704 e. The van der Waals surface area contributed by atoms with Gasteiger partial charge in [0.15, 0.2) is 0 Å². The minimum atomic E-state index is 0.169. The van der Waals surface area contributed by atoms with Crippen molar-refractivity contribution in [1.29, 1.82) is 0 Å². The molecule has 3 heteroatoms. The first-order valence-electron chi connectivity index (χ1n) is 4.62. The molecule has 0 radical (unpaired) electrons. The molecule has 0 saturated carbocycles. The Morgan fingerprint density at radius 2 is 2.33 bits per heavy atom. The van der Waals surface area contributed by atoms with Gasteiger partial charge in [-0.1, -0.05) is 6.92 Å². The first-order chi connectivity index (χ1) is 5.60. The summed E-state index contributed by atoms with van der Waals surface area (Å²) in [5.74, 6) is 0. The van der Waals surface area contributed by atoms with Crippen LogP contribution in [0.15, 0.2) is 0 Å². The summed E-state index contributed by atoms with van der Waals surface area (Å²) in [6, 6.07) is 0.186. The molecule has 0 spiro atoms. The van der Waals surface area contributed by atoms with E-state index in [9.17, 15) is 0 Å². The smallest absolute Gasteiger partial charge is 0.0704 e. The van der Waals surface area contributed by atoms with Crippen LogP contribution in [0.25, 0.3) is 0 Å². The fourth-order valence-electron chi connectivity index (χ4n) is 1.74. The minimum Gasteiger partial charge on any atom is -0.376 e. The fraction of sp³-hybridized carbons (Fsp3) is 1.00. The van der Waals surface area contributed by atoms with Crippen LogP contribution in [0.4, 0.5) is 0 Å². The highest BCUT2D eigenvalue weighted by atomic mass is 16.5. The normalized spacial score (nSPS) is 42.0. The topological polar surface area (TPSA) is 47.3 Å². The van der Waals surface area contributed by atoms with Gasteiger partial charge in [-0.15, -0.1) is 0 Å². The van der Waals surface area contributed by atoms with Gasteiger partial charge in [-0.25, -0.2) is 0 Å². The Hall–Kier alpha value is -0.120. The van der Waals surface area contributed by atoms with Gasteiger partial charge in [-0.2, -0.15) is 0 Å². The average molecular weight is 172 g/mol. The highest BCUT2D eigenvalue weighted by molar-refractivity contribution is 4.94. The standard InChI is InChI=1S/C9H20N2O/c1-7-8(10)9(2,6-12-7)4-5-11-3/h7-8,11H,4-6,10H2,1-3H3/t7-,8+,9?/m0/s1. The highest BCUT2D eigenvalue weighted by Gasteiger charge is 2.41. The van der Waals surface area contributed by atoms with E-state index >= 15 is 0 Å². The molecular weight excluding hydrogens is 152 g/mol. The second-order valence-corrected chi connectivity index (χ2v) is 4.05. The number of hydrogen-bond donors (Lipinski definition) is 2. The third-order valence-electron chi connectivity index (χ3n) is 2.93. The van der Waals surface area contributed by atoms with Gasteiger partial charge in [-0.3, -0.25) is 0 Å². The van der Waals surface area contributed by atoms with Crippen molar-refractivity contribution in [2.24, 2.45) is 11.1 Å². The maximum absolute atomic E-state index is 6.04. The van der Waals surface area contributed by atoms with E-state index in [0.717, 1.165) is 19.6 Å². The summed E-state index contributed by atoms with van der Waals surface area (Å²) in [6.07, 6.45) is 1.31. The summed E-state index contributed by atoms with van der Waals surface area (Å²) in [6.45, 7) is 6.07. The molecular formula is C9H20N2O. The lowest BCUT2D eigenvalue weighted by molar-refractivity contribution is 0.106. The summed E-state index contributed by atoms with van der Waals surface area (Å²) in [5.41, 5.74) is 6.21. The second-order valence-electron chi connectivity index (χ2n) is 4.05. The van der Waals surface area contributed by atoms with Crippen molar-refractivity contribution < 1.29 is 4.74 Å². The zero-order valence-corrected chi connectivity index (χ0v) is 8.26. The lowest BCUT2D eigenvalue weighted by atomic mass is 9.80. The lowest BCUT2D eigenvalue weighted by Gasteiger charge is -2.27. The summed E-state index contributed by atoms with van der Waals surface area (Å²) in [7, 11) is 1.97. The Bertz CT molecular complexity index is 151. The van der Waals surface area contributed by atoms with Crippen molar-refractivity contribution in [1.82, 2.24) is 5.32 Å². The molecule has 1 saturated heterocycles. The largest absolute Gasteiger partial charge is 0.376 e. The SMILES string of the molecule is CNCCC1(C)CO[C@@H](C)[C@H]1N. The van der Waals surface area contributed by atoms with E-state index < -0.39 is 0 Å². The van der Waals surface area contributed by atoms with Gasteiger partial charge in [0.2, 0.25) is 0 Å². The third-order valence-corrected chi connectivity index (χ3v) is 2.93. The number of nitrogens with two attached hydrogens (primary N) is 1. The van der Waals surface area contributed by atoms with E-state index in [0.29, 0.717) is 0 Å². The van der Waals surface area contributed by atoms with E-state index in [2.05, 4.69) is 19.2 Å². The molecule has 12 heavy (non-hydrogen) atoms. The molecule has 3 N–H and O–H groups in total. The molecule has 0 aromatic rings. The molecule has 72 valence electrons. The number of rotatable bonds is 3. The zero-order valence-electron chi connectivity index (χ0n) is 8.26. The van der Waals surface area contributed by atoms with Crippen molar-refractivity contribution in [3.63, 3.8) is 0 Å². The fourth-order valence-corrected chi connectivity index (χ4v) is 1.74. The molecule has 1 rings (SSSR count). The third kappa shape index (κ3) is 1.79. The summed E-state index contributed by atoms with van der Waals surface area (Å²) >= 11 is 0. The van der Waals surface area contributed by atoms with Crippen LogP contribution >= 0.6 is 0 Å². The van der Waals surface area contributed by atoms with Gasteiger partial charge in [0, 0.05) is 11.5 Å². The predicted octanol–water partition coefficient (Wildman–Crippen LogP) is 0.348. The first kappa shape index (κ1) is 9.96. The Kier molecular flexibility index (Phi) is 3.09. The monoisotopic (exact) mass is 172 g/mol. The first-order valence-corrected chi connectivity index (χ1v) is 4.62. The number of ether oxygens (including phenoxy) is 1. The van der Waals surface area contributed by atoms with Gasteiger partial charge < -0.3 is 15.8 Å². The van der Waals surface area contributed by atoms with Crippen LogP contribution in [0.3, 0.4) is 0 Å². The van der Waals surface area contributed by atoms with Crippen molar-refractivity contribution in [3.05, 3.63) is 0 Å². The molecule has 1 aliphatic heterocycles. The van der Waals surface area contributed by atoms with E-state index in [1.165, 1.54) is 0 Å². The maximum atomic E-state index is 6.04. The Morgan fingerprint density at radius 1 is 1.67 bits per heavy atom. The molecule has 1 unspecified atom stereocenters. The quantitative estimate of drug-likeness (QED) is 0.645. The number of hydrogen-bond acceptors (Lipinski definition) is 3. The van der Waals surface area contributed by atoms with Crippen LogP contribution in [0, 0.1) is 5.41 Å². The Labute approximate surface area is 74.7 Å². The molecule has 0 bridgehead atoms. The summed E-state index contributed by atoms with van der Waals surface area (Å²) < 4.78 is 5.52. The molecule has 3 nitrogen and oxygen atoms in total. The van der Waals surface area contributed by atoms with Crippen LogP contribution in [-0.4, -0.2) is 32.3 Å². The van der Waals surface area contributed by atoms with Gasteiger partial charge in [-0.05, 0) is 26.9 Å². The van der Waals surface area contributed by atoms with E-state index in [-0.39, 0.29) is 17.6 Å².